The van der Waals surface area contributed by atoms with Crippen LogP contribution >= 0.6 is 15.9 Å². The van der Waals surface area contributed by atoms with Crippen LogP contribution in [0.2, 0.25) is 0 Å². The summed E-state index contributed by atoms with van der Waals surface area (Å²) >= 11 is 3.03. The molecule has 0 unspecified atom stereocenters. The lowest BCUT2D eigenvalue weighted by Crippen LogP contribution is -2.23. The molecule has 0 aliphatic rings. The van der Waals surface area contributed by atoms with Crippen molar-refractivity contribution >= 4 is 21.8 Å². The largest absolute Gasteiger partial charge is 0.493 e. The molecule has 0 saturated carbocycles. The first-order valence-corrected chi connectivity index (χ1v) is 7.12. The number of methoxy groups -OCH3 is 2. The van der Waals surface area contributed by atoms with Crippen molar-refractivity contribution in [2.24, 2.45) is 0 Å². The maximum atomic E-state index is 12.0. The molecular weight excluding hydrogens is 354 g/mol. The number of carbonyl (C=O) groups is 1. The number of hydrogen-bond acceptors (Lipinski definition) is 5. The molecule has 1 N–H and O–H groups in total. The standard InChI is InChI=1S/C15H14BrNO5/c1-20-12-4-3-9(5-13(12)21-2)7-17-14(18)10-6-11(16)15(19)22-8-10/h3-6,8H,7H2,1-2H3,(H,17,18). The second-order valence-electron chi connectivity index (χ2n) is 4.34. The van der Waals surface area contributed by atoms with E-state index in [9.17, 15) is 9.59 Å². The van der Waals surface area contributed by atoms with Crippen LogP contribution in [0.5, 0.6) is 11.5 Å². The topological polar surface area (TPSA) is 77.8 Å². The molecule has 1 heterocycles. The molecule has 116 valence electrons. The van der Waals surface area contributed by atoms with E-state index < -0.39 is 5.63 Å². The monoisotopic (exact) mass is 367 g/mol. The maximum absolute atomic E-state index is 12.0. The fourth-order valence-corrected chi connectivity index (χ4v) is 2.14. The Morgan fingerprint density at radius 1 is 1.23 bits per heavy atom. The van der Waals surface area contributed by atoms with Gasteiger partial charge in [0, 0.05) is 6.54 Å². The molecule has 0 aliphatic heterocycles. The van der Waals surface area contributed by atoms with E-state index in [-0.39, 0.29) is 15.9 Å². The average Bonchev–Trinajstić information content (AvgIpc) is 2.54. The molecule has 1 aromatic heterocycles. The van der Waals surface area contributed by atoms with Crippen molar-refractivity contribution in [1.29, 1.82) is 0 Å². The number of rotatable bonds is 5. The summed E-state index contributed by atoms with van der Waals surface area (Å²) in [4.78, 5) is 23.1. The van der Waals surface area contributed by atoms with Crippen molar-refractivity contribution in [1.82, 2.24) is 5.32 Å². The average molecular weight is 368 g/mol. The summed E-state index contributed by atoms with van der Waals surface area (Å²) in [5, 5.41) is 2.73. The van der Waals surface area contributed by atoms with Gasteiger partial charge in [-0.15, -0.1) is 0 Å². The van der Waals surface area contributed by atoms with Crippen LogP contribution in [-0.2, 0) is 6.54 Å². The lowest BCUT2D eigenvalue weighted by atomic mass is 10.2. The Bertz CT molecular complexity index is 741. The molecule has 0 spiro atoms. The number of amides is 1. The van der Waals surface area contributed by atoms with Crippen LogP contribution in [0.25, 0.3) is 0 Å². The van der Waals surface area contributed by atoms with E-state index >= 15 is 0 Å². The van der Waals surface area contributed by atoms with Gasteiger partial charge in [0.25, 0.3) is 5.91 Å². The van der Waals surface area contributed by atoms with Gasteiger partial charge in [-0.1, -0.05) is 6.07 Å². The van der Waals surface area contributed by atoms with Crippen molar-refractivity contribution in [2.75, 3.05) is 14.2 Å². The summed E-state index contributed by atoms with van der Waals surface area (Å²) in [5.74, 6) is 0.855. The van der Waals surface area contributed by atoms with Gasteiger partial charge in [0.05, 0.1) is 19.8 Å². The van der Waals surface area contributed by atoms with Crippen molar-refractivity contribution in [3.8, 4) is 11.5 Å². The van der Waals surface area contributed by atoms with E-state index in [0.29, 0.717) is 18.0 Å². The normalized spacial score (nSPS) is 10.1. The van der Waals surface area contributed by atoms with Crippen molar-refractivity contribution in [2.45, 2.75) is 6.54 Å². The minimum Gasteiger partial charge on any atom is -0.493 e. The first-order chi connectivity index (χ1) is 10.5. The molecule has 0 fully saturated rings. The van der Waals surface area contributed by atoms with Crippen LogP contribution in [-0.4, -0.2) is 20.1 Å². The molecular formula is C15H14BrNO5. The van der Waals surface area contributed by atoms with Crippen LogP contribution in [0, 0.1) is 0 Å². The van der Waals surface area contributed by atoms with Gasteiger partial charge in [-0.05, 0) is 39.7 Å². The van der Waals surface area contributed by atoms with Gasteiger partial charge < -0.3 is 19.2 Å². The highest BCUT2D eigenvalue weighted by Crippen LogP contribution is 2.27. The summed E-state index contributed by atoms with van der Waals surface area (Å²) in [6.45, 7) is 0.302. The molecule has 1 aromatic carbocycles. The van der Waals surface area contributed by atoms with E-state index in [0.717, 1.165) is 11.8 Å². The fourth-order valence-electron chi connectivity index (χ4n) is 1.80. The van der Waals surface area contributed by atoms with Gasteiger partial charge in [0.15, 0.2) is 11.5 Å². The molecule has 2 aromatic rings. The maximum Gasteiger partial charge on any atom is 0.350 e. The summed E-state index contributed by atoms with van der Waals surface area (Å²) in [7, 11) is 3.10. The molecule has 22 heavy (non-hydrogen) atoms. The highest BCUT2D eigenvalue weighted by molar-refractivity contribution is 9.10. The highest BCUT2D eigenvalue weighted by Gasteiger charge is 2.10. The molecule has 2 rings (SSSR count). The zero-order valence-corrected chi connectivity index (χ0v) is 13.6. The predicted molar refractivity (Wildman–Crippen MR) is 83.4 cm³/mol. The number of benzene rings is 1. The molecule has 0 saturated heterocycles. The second kappa shape index (κ2) is 7.13. The van der Waals surface area contributed by atoms with Crippen LogP contribution in [0.15, 0.2) is 44.2 Å². The minimum absolute atomic E-state index is 0.200. The number of carbonyl (C=O) groups excluding carboxylic acids is 1. The Hall–Kier alpha value is -2.28. The Balaban J connectivity index is 2.07. The van der Waals surface area contributed by atoms with Gasteiger partial charge in [0.1, 0.15) is 10.7 Å². The van der Waals surface area contributed by atoms with Gasteiger partial charge in [-0.2, -0.15) is 0 Å². The Morgan fingerprint density at radius 2 is 1.95 bits per heavy atom. The quantitative estimate of drug-likeness (QED) is 0.877. The SMILES string of the molecule is COc1ccc(CNC(=O)c2coc(=O)c(Br)c2)cc1OC. The third-order valence-electron chi connectivity index (χ3n) is 2.93. The third kappa shape index (κ3) is 3.67. The predicted octanol–water partition coefficient (Wildman–Crippen LogP) is 2.35. The van der Waals surface area contributed by atoms with Gasteiger partial charge in [-0.3, -0.25) is 4.79 Å². The molecule has 0 bridgehead atoms. The van der Waals surface area contributed by atoms with Crippen LogP contribution in [0.1, 0.15) is 15.9 Å². The number of nitrogens with one attached hydrogen (secondary N) is 1. The Kier molecular flexibility index (Phi) is 5.21. The highest BCUT2D eigenvalue weighted by atomic mass is 79.9. The zero-order valence-electron chi connectivity index (χ0n) is 12.0. The van der Waals surface area contributed by atoms with Crippen molar-refractivity contribution in [3.05, 3.63) is 56.5 Å². The molecule has 7 heteroatoms. The summed E-state index contributed by atoms with van der Waals surface area (Å²) in [5.41, 5.74) is 0.575. The van der Waals surface area contributed by atoms with Gasteiger partial charge in [-0.25, -0.2) is 4.79 Å². The zero-order chi connectivity index (χ0) is 16.1. The summed E-state index contributed by atoms with van der Waals surface area (Å²) in [6.07, 6.45) is 1.12. The van der Waals surface area contributed by atoms with Crippen LogP contribution in [0.4, 0.5) is 0 Å². The number of halogens is 1. The second-order valence-corrected chi connectivity index (χ2v) is 5.20. The number of ether oxygens (including phenoxy) is 2. The summed E-state index contributed by atoms with van der Waals surface area (Å²) in [6, 6.07) is 6.77. The molecule has 0 radical (unpaired) electrons. The van der Waals surface area contributed by atoms with E-state index in [1.54, 1.807) is 26.4 Å². The Labute approximate surface area is 135 Å². The first-order valence-electron chi connectivity index (χ1n) is 6.32. The number of hydrogen-bond donors (Lipinski definition) is 1. The van der Waals surface area contributed by atoms with Gasteiger partial charge in [0.2, 0.25) is 0 Å². The first kappa shape index (κ1) is 16.1. The molecule has 0 atom stereocenters. The lowest BCUT2D eigenvalue weighted by molar-refractivity contribution is 0.0948. The van der Waals surface area contributed by atoms with Crippen molar-refractivity contribution in [3.63, 3.8) is 0 Å². The van der Waals surface area contributed by atoms with Crippen molar-refractivity contribution < 1.29 is 18.7 Å². The lowest BCUT2D eigenvalue weighted by Gasteiger charge is -2.10. The Morgan fingerprint density at radius 3 is 2.59 bits per heavy atom. The van der Waals surface area contributed by atoms with Crippen LogP contribution in [0.3, 0.4) is 0 Å². The van der Waals surface area contributed by atoms with Crippen LogP contribution < -0.4 is 20.4 Å². The van der Waals surface area contributed by atoms with E-state index in [1.807, 2.05) is 6.07 Å². The molecule has 6 nitrogen and oxygen atoms in total. The molecule has 1 amide bonds. The fraction of sp³-hybridized carbons (Fsp3) is 0.200. The van der Waals surface area contributed by atoms with E-state index in [2.05, 4.69) is 21.2 Å². The smallest absolute Gasteiger partial charge is 0.350 e. The van der Waals surface area contributed by atoms with E-state index in [1.165, 1.54) is 6.07 Å². The van der Waals surface area contributed by atoms with E-state index in [4.69, 9.17) is 13.9 Å². The molecule has 0 aliphatic carbocycles. The summed E-state index contributed by atoms with van der Waals surface area (Å²) < 4.78 is 15.3. The van der Waals surface area contributed by atoms with Gasteiger partial charge >= 0.3 is 5.63 Å². The third-order valence-corrected chi connectivity index (χ3v) is 3.49. The minimum atomic E-state index is -0.531.